The fraction of sp³-hybridized carbons (Fsp3) is 0.235. The second kappa shape index (κ2) is 7.86. The lowest BCUT2D eigenvalue weighted by Crippen LogP contribution is -2.24. The number of benzene rings is 2. The first-order valence-electron chi connectivity index (χ1n) is 6.98. The van der Waals surface area contributed by atoms with Crippen LogP contribution in [0, 0.1) is 13.8 Å². The van der Waals surface area contributed by atoms with Gasteiger partial charge in [0.2, 0.25) is 0 Å². The first kappa shape index (κ1) is 17.8. The summed E-state index contributed by atoms with van der Waals surface area (Å²) in [5.41, 5.74) is 3.32. The zero-order valence-electron chi connectivity index (χ0n) is 13.2. The van der Waals surface area contributed by atoms with Gasteiger partial charge in [0, 0.05) is 10.0 Å². The van der Waals surface area contributed by atoms with Crippen LogP contribution in [0.5, 0.6) is 5.75 Å². The molecule has 0 bridgehead atoms. The van der Waals surface area contributed by atoms with Gasteiger partial charge in [0.25, 0.3) is 0 Å². The first-order valence-corrected chi connectivity index (χ1v) is 9.00. The average Bonchev–Trinajstić information content (AvgIpc) is 2.53. The number of hydrogen-bond acceptors (Lipinski definition) is 4. The molecule has 2 aromatic rings. The van der Waals surface area contributed by atoms with Gasteiger partial charge in [0.05, 0.1) is 5.69 Å². The molecule has 0 unspecified atom stereocenters. The highest BCUT2D eigenvalue weighted by molar-refractivity contribution is 9.10. The molecule has 0 aromatic heterocycles. The Morgan fingerprint density at radius 2 is 2.04 bits per heavy atom. The summed E-state index contributed by atoms with van der Waals surface area (Å²) in [6, 6.07) is 11.2. The summed E-state index contributed by atoms with van der Waals surface area (Å²) in [6.07, 6.45) is 1.62. The average molecular weight is 396 g/mol. The van der Waals surface area contributed by atoms with Crippen LogP contribution in [-0.4, -0.2) is 16.7 Å². The van der Waals surface area contributed by atoms with Crippen LogP contribution >= 0.6 is 27.7 Å². The summed E-state index contributed by atoms with van der Waals surface area (Å²) in [7, 11) is 0. The predicted octanol–water partition coefficient (Wildman–Crippen LogP) is 5.32. The second-order valence-corrected chi connectivity index (χ2v) is 6.69. The van der Waals surface area contributed by atoms with Crippen molar-refractivity contribution in [2.75, 3.05) is 11.3 Å². The van der Waals surface area contributed by atoms with Crippen LogP contribution < -0.4 is 9.80 Å². The summed E-state index contributed by atoms with van der Waals surface area (Å²) >= 11 is 4.40. The van der Waals surface area contributed by atoms with Crippen molar-refractivity contribution >= 4 is 38.6 Å². The zero-order valence-corrected chi connectivity index (χ0v) is 15.6. The van der Waals surface area contributed by atoms with Crippen molar-refractivity contribution in [2.24, 2.45) is 0 Å². The van der Waals surface area contributed by atoms with Crippen LogP contribution in [0.3, 0.4) is 0 Å². The summed E-state index contributed by atoms with van der Waals surface area (Å²) < 4.78 is 6.65. The second-order valence-electron chi connectivity index (χ2n) is 5.08. The molecule has 23 heavy (non-hydrogen) atoms. The van der Waals surface area contributed by atoms with Crippen LogP contribution in [0.1, 0.15) is 16.7 Å². The minimum Gasteiger partial charge on any atom is -0.489 e. The Balaban J connectivity index is 2.27. The van der Waals surface area contributed by atoms with Crippen LogP contribution in [0.15, 0.2) is 40.9 Å². The quantitative estimate of drug-likeness (QED) is 0.561. The van der Waals surface area contributed by atoms with E-state index in [2.05, 4.69) is 15.9 Å². The Morgan fingerprint density at radius 1 is 1.30 bits per heavy atom. The normalized spacial score (nSPS) is 10.5. The number of rotatable bonds is 4. The molecule has 1 amide bonds. The summed E-state index contributed by atoms with van der Waals surface area (Å²) in [4.78, 5) is 11.7. The van der Waals surface area contributed by atoms with Gasteiger partial charge in [-0.05, 0) is 43.9 Å². The first-order chi connectivity index (χ1) is 10.9. The number of hydrogen-bond donors (Lipinski definition) is 1. The fourth-order valence-electron chi connectivity index (χ4n) is 2.18. The molecule has 0 aliphatic heterocycles. The number of aryl methyl sites for hydroxylation is 2. The van der Waals surface area contributed by atoms with E-state index in [1.165, 1.54) is 5.56 Å². The number of ether oxygens (including phenoxy) is 1. The van der Waals surface area contributed by atoms with E-state index >= 15 is 0 Å². The van der Waals surface area contributed by atoms with E-state index in [4.69, 9.17) is 4.74 Å². The van der Waals surface area contributed by atoms with Crippen LogP contribution in [0.2, 0.25) is 0 Å². The molecule has 6 heteroatoms. The minimum atomic E-state index is -0.448. The molecule has 0 aliphatic rings. The van der Waals surface area contributed by atoms with Crippen LogP contribution in [0.25, 0.3) is 0 Å². The van der Waals surface area contributed by atoms with Gasteiger partial charge in [0.15, 0.2) is 0 Å². The molecule has 2 rings (SSSR count). The lowest BCUT2D eigenvalue weighted by molar-refractivity contribution is 0.223. The topological polar surface area (TPSA) is 49.8 Å². The van der Waals surface area contributed by atoms with Gasteiger partial charge in [-0.2, -0.15) is 5.06 Å². The molecular formula is C17H18BrNO3S. The van der Waals surface area contributed by atoms with Crippen LogP contribution in [0.4, 0.5) is 10.5 Å². The maximum Gasteiger partial charge on any atom is 0.309 e. The Labute approximate surface area is 148 Å². The van der Waals surface area contributed by atoms with Crippen molar-refractivity contribution in [1.82, 2.24) is 0 Å². The van der Waals surface area contributed by atoms with Crippen LogP contribution in [-0.2, 0) is 6.61 Å². The van der Waals surface area contributed by atoms with Crippen molar-refractivity contribution in [3.8, 4) is 5.75 Å². The number of anilines is 1. The molecule has 0 saturated heterocycles. The molecule has 4 nitrogen and oxygen atoms in total. The number of hydroxylamine groups is 1. The van der Waals surface area contributed by atoms with E-state index in [1.807, 2.05) is 38.1 Å². The largest absolute Gasteiger partial charge is 0.489 e. The molecule has 0 fully saturated rings. The summed E-state index contributed by atoms with van der Waals surface area (Å²) in [5, 5.41) is 10.3. The highest BCUT2D eigenvalue weighted by atomic mass is 79.9. The van der Waals surface area contributed by atoms with Gasteiger partial charge in [0.1, 0.15) is 12.4 Å². The Hall–Kier alpha value is -1.50. The molecule has 1 N–H and O–H groups in total. The van der Waals surface area contributed by atoms with E-state index in [1.54, 1.807) is 18.4 Å². The third-order valence-electron chi connectivity index (χ3n) is 3.37. The lowest BCUT2D eigenvalue weighted by Gasteiger charge is -2.19. The number of carbonyl (C=O) groups excluding carboxylic acids is 1. The van der Waals surface area contributed by atoms with Gasteiger partial charge in [-0.15, -0.1) is 0 Å². The van der Waals surface area contributed by atoms with E-state index in [0.717, 1.165) is 27.5 Å². The third kappa shape index (κ3) is 4.28. The molecule has 122 valence electrons. The number of halogens is 1. The van der Waals surface area contributed by atoms with Gasteiger partial charge in [-0.1, -0.05) is 51.5 Å². The van der Waals surface area contributed by atoms with Crippen molar-refractivity contribution in [3.05, 3.63) is 57.6 Å². The van der Waals surface area contributed by atoms with E-state index in [0.29, 0.717) is 16.3 Å². The lowest BCUT2D eigenvalue weighted by atomic mass is 10.1. The fourth-order valence-corrected chi connectivity index (χ4v) is 2.93. The van der Waals surface area contributed by atoms with Gasteiger partial charge in [-0.25, -0.2) is 0 Å². The van der Waals surface area contributed by atoms with E-state index < -0.39 is 5.24 Å². The van der Waals surface area contributed by atoms with E-state index in [9.17, 15) is 10.0 Å². The molecule has 2 aromatic carbocycles. The SMILES string of the molecule is CSC(=O)N(O)c1cccc(Br)c1COc1ccc(C)cc1C. The molecule has 0 spiro atoms. The van der Waals surface area contributed by atoms with Gasteiger partial charge >= 0.3 is 5.24 Å². The summed E-state index contributed by atoms with van der Waals surface area (Å²) in [6.45, 7) is 4.25. The highest BCUT2D eigenvalue weighted by Gasteiger charge is 2.18. The predicted molar refractivity (Wildman–Crippen MR) is 97.6 cm³/mol. The standard InChI is InChI=1S/C17H18BrNO3S/c1-11-7-8-16(12(2)9-11)22-10-13-14(18)5-4-6-15(13)19(21)17(20)23-3/h4-9,21H,10H2,1-3H3. The Kier molecular flexibility index (Phi) is 6.10. The monoisotopic (exact) mass is 395 g/mol. The van der Waals surface area contributed by atoms with Crippen molar-refractivity contribution in [3.63, 3.8) is 0 Å². The smallest absolute Gasteiger partial charge is 0.309 e. The molecule has 0 saturated carbocycles. The third-order valence-corrected chi connectivity index (χ3v) is 4.64. The number of amides is 1. The van der Waals surface area contributed by atoms with Gasteiger partial charge < -0.3 is 4.74 Å². The van der Waals surface area contributed by atoms with E-state index in [-0.39, 0.29) is 6.61 Å². The number of nitrogens with zero attached hydrogens (tertiary/aromatic N) is 1. The molecular weight excluding hydrogens is 378 g/mol. The molecule has 0 heterocycles. The zero-order chi connectivity index (χ0) is 17.0. The highest BCUT2D eigenvalue weighted by Crippen LogP contribution is 2.30. The maximum absolute atomic E-state index is 11.7. The molecule has 0 aliphatic carbocycles. The molecule has 0 radical (unpaired) electrons. The maximum atomic E-state index is 11.7. The molecule has 0 atom stereocenters. The Bertz CT molecular complexity index is 721. The number of carbonyl (C=O) groups is 1. The van der Waals surface area contributed by atoms with Crippen molar-refractivity contribution in [2.45, 2.75) is 20.5 Å². The van der Waals surface area contributed by atoms with Crippen molar-refractivity contribution in [1.29, 1.82) is 0 Å². The number of thioether (sulfide) groups is 1. The van der Waals surface area contributed by atoms with Gasteiger partial charge in [-0.3, -0.25) is 10.0 Å². The Morgan fingerprint density at radius 3 is 2.70 bits per heavy atom. The van der Waals surface area contributed by atoms with Crippen molar-refractivity contribution < 1.29 is 14.7 Å². The summed E-state index contributed by atoms with van der Waals surface area (Å²) in [5.74, 6) is 0.776. The minimum absolute atomic E-state index is 0.235.